The maximum Gasteiger partial charge on any atom is 0.340 e. The lowest BCUT2D eigenvalue weighted by Gasteiger charge is -2.18. The summed E-state index contributed by atoms with van der Waals surface area (Å²) in [5.41, 5.74) is 2.07. The molecule has 7 nitrogen and oxygen atoms in total. The highest BCUT2D eigenvalue weighted by Crippen LogP contribution is 2.22. The lowest BCUT2D eigenvalue weighted by atomic mass is 10.2. The van der Waals surface area contributed by atoms with E-state index in [1.54, 1.807) is 6.07 Å². The third-order valence-electron chi connectivity index (χ3n) is 4.44. The summed E-state index contributed by atoms with van der Waals surface area (Å²) in [4.78, 5) is 30.7. The Bertz CT molecular complexity index is 784. The number of benzene rings is 1. The molecule has 1 fully saturated rings. The number of amides is 1. The Morgan fingerprint density at radius 1 is 1.11 bits per heavy atom. The van der Waals surface area contributed by atoms with Crippen molar-refractivity contribution in [3.8, 4) is 5.88 Å². The van der Waals surface area contributed by atoms with Gasteiger partial charge in [-0.2, -0.15) is 0 Å². The van der Waals surface area contributed by atoms with Gasteiger partial charge in [-0.1, -0.05) is 0 Å². The number of carbonyl (C=O) groups is 2. The summed E-state index contributed by atoms with van der Waals surface area (Å²) in [6.07, 6.45) is 2.84. The van der Waals surface area contributed by atoms with Crippen molar-refractivity contribution in [2.45, 2.75) is 25.9 Å². The van der Waals surface area contributed by atoms with Crippen molar-refractivity contribution < 1.29 is 19.1 Å². The number of ether oxygens (including phenoxy) is 2. The van der Waals surface area contributed by atoms with Crippen molar-refractivity contribution in [2.75, 3.05) is 30.4 Å². The first-order valence-electron chi connectivity index (χ1n) is 8.94. The van der Waals surface area contributed by atoms with Gasteiger partial charge in [-0.05, 0) is 50.1 Å². The number of nitrogens with zero attached hydrogens (tertiary/aromatic N) is 2. The third-order valence-corrected chi connectivity index (χ3v) is 4.44. The molecule has 7 heteroatoms. The van der Waals surface area contributed by atoms with Crippen LogP contribution in [0.1, 0.15) is 30.1 Å². The molecule has 0 spiro atoms. The molecule has 0 radical (unpaired) electrons. The predicted octanol–water partition coefficient (Wildman–Crippen LogP) is 2.87. The average Bonchev–Trinajstić information content (AvgIpc) is 3.23. The van der Waals surface area contributed by atoms with Crippen LogP contribution in [-0.2, 0) is 9.53 Å². The summed E-state index contributed by atoms with van der Waals surface area (Å²) in [7, 11) is 1.49. The van der Waals surface area contributed by atoms with Crippen LogP contribution in [0, 0.1) is 0 Å². The molecule has 2 heterocycles. The highest BCUT2D eigenvalue weighted by atomic mass is 16.5. The Morgan fingerprint density at radius 3 is 2.41 bits per heavy atom. The van der Waals surface area contributed by atoms with Gasteiger partial charge in [0.05, 0.1) is 12.7 Å². The number of pyridine rings is 1. The average molecular weight is 369 g/mol. The van der Waals surface area contributed by atoms with E-state index in [0.717, 1.165) is 18.8 Å². The number of hydrogen-bond donors (Lipinski definition) is 1. The Morgan fingerprint density at radius 2 is 1.81 bits per heavy atom. The zero-order chi connectivity index (χ0) is 19.2. The van der Waals surface area contributed by atoms with Crippen LogP contribution in [0.25, 0.3) is 0 Å². The van der Waals surface area contributed by atoms with Crippen molar-refractivity contribution in [1.82, 2.24) is 4.98 Å². The van der Waals surface area contributed by atoms with Crippen molar-refractivity contribution in [3.63, 3.8) is 0 Å². The van der Waals surface area contributed by atoms with Crippen LogP contribution in [0.3, 0.4) is 0 Å². The topological polar surface area (TPSA) is 80.8 Å². The van der Waals surface area contributed by atoms with Gasteiger partial charge in [0.15, 0.2) is 6.10 Å². The summed E-state index contributed by atoms with van der Waals surface area (Å²) >= 11 is 0. The molecule has 2 aromatic rings. The van der Waals surface area contributed by atoms with E-state index in [9.17, 15) is 9.59 Å². The number of aromatic nitrogens is 1. The molecule has 1 N–H and O–H groups in total. The van der Waals surface area contributed by atoms with Gasteiger partial charge in [0.1, 0.15) is 0 Å². The zero-order valence-corrected chi connectivity index (χ0v) is 15.5. The third kappa shape index (κ3) is 4.75. The van der Waals surface area contributed by atoms with Gasteiger partial charge in [0.2, 0.25) is 5.88 Å². The van der Waals surface area contributed by atoms with Gasteiger partial charge in [0.25, 0.3) is 5.91 Å². The largest absolute Gasteiger partial charge is 0.481 e. The van der Waals surface area contributed by atoms with E-state index < -0.39 is 18.0 Å². The summed E-state index contributed by atoms with van der Waals surface area (Å²) < 4.78 is 10.2. The first-order valence-corrected chi connectivity index (χ1v) is 8.94. The predicted molar refractivity (Wildman–Crippen MR) is 102 cm³/mol. The first-order chi connectivity index (χ1) is 13.1. The van der Waals surface area contributed by atoms with E-state index in [2.05, 4.69) is 15.2 Å². The van der Waals surface area contributed by atoms with Crippen molar-refractivity contribution in [2.24, 2.45) is 0 Å². The maximum absolute atomic E-state index is 12.3. The van der Waals surface area contributed by atoms with Crippen LogP contribution in [0.4, 0.5) is 11.4 Å². The Kier molecular flexibility index (Phi) is 5.90. The summed E-state index contributed by atoms with van der Waals surface area (Å²) in [5, 5.41) is 2.76. The first kappa shape index (κ1) is 18.7. The number of anilines is 2. The summed E-state index contributed by atoms with van der Waals surface area (Å²) in [5.74, 6) is -0.606. The molecule has 0 bridgehead atoms. The minimum absolute atomic E-state index is 0.255. The van der Waals surface area contributed by atoms with E-state index in [1.807, 2.05) is 24.3 Å². The highest BCUT2D eigenvalue weighted by Gasteiger charge is 2.20. The van der Waals surface area contributed by atoms with Gasteiger partial charge in [0, 0.05) is 36.7 Å². The number of hydrogen-bond acceptors (Lipinski definition) is 6. The second kappa shape index (κ2) is 8.53. The fraction of sp³-hybridized carbons (Fsp3) is 0.350. The van der Waals surface area contributed by atoms with E-state index >= 15 is 0 Å². The second-order valence-corrected chi connectivity index (χ2v) is 6.37. The molecule has 3 rings (SSSR count). The van der Waals surface area contributed by atoms with Crippen molar-refractivity contribution in [1.29, 1.82) is 0 Å². The van der Waals surface area contributed by atoms with Gasteiger partial charge in [-0.3, -0.25) is 4.79 Å². The van der Waals surface area contributed by atoms with Crippen LogP contribution in [0.5, 0.6) is 5.88 Å². The second-order valence-electron chi connectivity index (χ2n) is 6.37. The van der Waals surface area contributed by atoms with Crippen LogP contribution < -0.4 is 15.0 Å². The SMILES string of the molecule is COc1ccc(C(=O)OC(C)C(=O)Nc2ccc(N3CCCC3)cc2)cn1. The molecule has 1 amide bonds. The Balaban J connectivity index is 1.54. The standard InChI is InChI=1S/C20H23N3O4/c1-14(27-20(25)15-5-10-18(26-2)21-13-15)19(24)22-16-6-8-17(9-7-16)23-11-3-4-12-23/h5-10,13-14H,3-4,11-12H2,1-2H3,(H,22,24). The van der Waals surface area contributed by atoms with E-state index in [-0.39, 0.29) is 5.56 Å². The number of methoxy groups -OCH3 is 1. The van der Waals surface area contributed by atoms with Gasteiger partial charge >= 0.3 is 5.97 Å². The monoisotopic (exact) mass is 369 g/mol. The van der Waals surface area contributed by atoms with E-state index in [4.69, 9.17) is 9.47 Å². The molecule has 1 unspecified atom stereocenters. The molecule has 1 saturated heterocycles. The molecule has 27 heavy (non-hydrogen) atoms. The van der Waals surface area contributed by atoms with Gasteiger partial charge in [-0.15, -0.1) is 0 Å². The zero-order valence-electron chi connectivity index (χ0n) is 15.5. The fourth-order valence-corrected chi connectivity index (χ4v) is 2.88. The van der Waals surface area contributed by atoms with Crippen molar-refractivity contribution >= 4 is 23.3 Å². The van der Waals surface area contributed by atoms with Crippen LogP contribution >= 0.6 is 0 Å². The number of nitrogens with one attached hydrogen (secondary N) is 1. The van der Waals surface area contributed by atoms with Crippen molar-refractivity contribution in [3.05, 3.63) is 48.2 Å². The normalized spacial score (nSPS) is 14.5. The highest BCUT2D eigenvalue weighted by molar-refractivity contribution is 5.97. The van der Waals surface area contributed by atoms with Crippen LogP contribution in [-0.4, -0.2) is 43.2 Å². The summed E-state index contributed by atoms with van der Waals surface area (Å²) in [6, 6.07) is 10.8. The molecule has 1 aromatic heterocycles. The number of rotatable bonds is 6. The lowest BCUT2D eigenvalue weighted by Crippen LogP contribution is -2.30. The van der Waals surface area contributed by atoms with Crippen LogP contribution in [0.15, 0.2) is 42.6 Å². The Hall–Kier alpha value is -3.09. The quantitative estimate of drug-likeness (QED) is 0.789. The number of esters is 1. The van der Waals surface area contributed by atoms with Crippen LogP contribution in [0.2, 0.25) is 0 Å². The van der Waals surface area contributed by atoms with Gasteiger partial charge < -0.3 is 19.7 Å². The minimum Gasteiger partial charge on any atom is -0.481 e. The van der Waals surface area contributed by atoms with Gasteiger partial charge in [-0.25, -0.2) is 9.78 Å². The molecule has 1 aromatic carbocycles. The maximum atomic E-state index is 12.3. The Labute approximate surface area is 158 Å². The van der Waals surface area contributed by atoms with E-state index in [0.29, 0.717) is 11.6 Å². The molecular weight excluding hydrogens is 346 g/mol. The lowest BCUT2D eigenvalue weighted by molar-refractivity contribution is -0.123. The smallest absolute Gasteiger partial charge is 0.340 e. The van der Waals surface area contributed by atoms with E-state index in [1.165, 1.54) is 39.1 Å². The number of carbonyl (C=O) groups excluding carboxylic acids is 2. The minimum atomic E-state index is -0.933. The molecule has 1 aliphatic rings. The summed E-state index contributed by atoms with van der Waals surface area (Å²) in [6.45, 7) is 3.67. The molecule has 0 aliphatic carbocycles. The fourth-order valence-electron chi connectivity index (χ4n) is 2.88. The molecule has 0 saturated carbocycles. The molecule has 1 atom stereocenters. The molecule has 1 aliphatic heterocycles. The molecule has 142 valence electrons. The molecular formula is C20H23N3O4.